The fraction of sp³-hybridized carbons (Fsp3) is 0.500. The lowest BCUT2D eigenvalue weighted by Crippen LogP contribution is -2.56. The van der Waals surface area contributed by atoms with Gasteiger partial charge < -0.3 is 11.1 Å². The Balaban J connectivity index is 2.19. The Hall–Kier alpha value is -1.42. The molecule has 1 saturated carbocycles. The first-order chi connectivity index (χ1) is 9.53. The van der Waals surface area contributed by atoms with E-state index in [0.717, 1.165) is 31.2 Å². The highest BCUT2D eigenvalue weighted by atomic mass is 32.1. The number of nitrogens with two attached hydrogens (primary N) is 1. The van der Waals surface area contributed by atoms with Crippen LogP contribution in [0.3, 0.4) is 0 Å². The number of nitrogens with one attached hydrogen (secondary N) is 1. The maximum Gasteiger partial charge on any atom is 0.252 e. The second-order valence-corrected chi connectivity index (χ2v) is 6.12. The summed E-state index contributed by atoms with van der Waals surface area (Å²) in [5.41, 5.74) is 7.18. The van der Waals surface area contributed by atoms with Crippen molar-refractivity contribution >= 4 is 23.1 Å². The molecule has 108 valence electrons. The minimum absolute atomic E-state index is 0.0802. The topological polar surface area (TPSA) is 55.1 Å². The van der Waals surface area contributed by atoms with E-state index in [-0.39, 0.29) is 5.91 Å². The summed E-state index contributed by atoms with van der Waals surface area (Å²) in [6, 6.07) is 7.59. The highest BCUT2D eigenvalue weighted by Crippen LogP contribution is 2.28. The number of aryl methyl sites for hydroxylation is 1. The average Bonchev–Trinajstić information content (AvgIpc) is 2.65. The van der Waals surface area contributed by atoms with E-state index in [1.807, 2.05) is 31.2 Å². The molecule has 0 unspecified atom stereocenters. The monoisotopic (exact) mass is 290 g/mol. The fourth-order valence-corrected chi connectivity index (χ4v) is 3.10. The van der Waals surface area contributed by atoms with E-state index in [1.165, 1.54) is 12.8 Å². The second-order valence-electron chi connectivity index (χ2n) is 5.68. The van der Waals surface area contributed by atoms with Crippen molar-refractivity contribution in [2.45, 2.75) is 51.0 Å². The Bertz CT molecular complexity index is 505. The van der Waals surface area contributed by atoms with E-state index in [1.54, 1.807) is 0 Å². The van der Waals surface area contributed by atoms with Crippen LogP contribution in [-0.4, -0.2) is 16.4 Å². The molecule has 1 aromatic rings. The van der Waals surface area contributed by atoms with Crippen molar-refractivity contribution in [2.24, 2.45) is 5.73 Å². The zero-order chi connectivity index (χ0) is 14.6. The summed E-state index contributed by atoms with van der Waals surface area (Å²) in [6.07, 6.45) is 6.19. The van der Waals surface area contributed by atoms with Crippen LogP contribution in [0.1, 0.15) is 54.4 Å². The van der Waals surface area contributed by atoms with E-state index >= 15 is 0 Å². The molecule has 0 radical (unpaired) electrons. The molecule has 3 nitrogen and oxygen atoms in total. The molecule has 1 fully saturated rings. The van der Waals surface area contributed by atoms with Crippen LogP contribution in [-0.2, 0) is 0 Å². The Morgan fingerprint density at radius 3 is 2.45 bits per heavy atom. The summed E-state index contributed by atoms with van der Waals surface area (Å²) in [7, 11) is 0. The van der Waals surface area contributed by atoms with Gasteiger partial charge in [-0.2, -0.15) is 0 Å². The van der Waals surface area contributed by atoms with Crippen LogP contribution in [0.15, 0.2) is 24.3 Å². The molecule has 1 aromatic carbocycles. The van der Waals surface area contributed by atoms with Gasteiger partial charge >= 0.3 is 0 Å². The molecule has 20 heavy (non-hydrogen) atoms. The van der Waals surface area contributed by atoms with Gasteiger partial charge in [0.1, 0.15) is 0 Å². The Morgan fingerprint density at radius 2 is 1.90 bits per heavy atom. The average molecular weight is 290 g/mol. The van der Waals surface area contributed by atoms with Gasteiger partial charge in [0.2, 0.25) is 0 Å². The fourth-order valence-electron chi connectivity index (χ4n) is 2.84. The van der Waals surface area contributed by atoms with Crippen molar-refractivity contribution in [1.82, 2.24) is 5.32 Å². The first kappa shape index (κ1) is 15.0. The normalized spacial score (nSPS) is 18.1. The number of rotatable bonds is 3. The van der Waals surface area contributed by atoms with Crippen LogP contribution in [0.25, 0.3) is 0 Å². The van der Waals surface area contributed by atoms with Gasteiger partial charge in [-0.05, 0) is 31.9 Å². The third-order valence-corrected chi connectivity index (χ3v) is 4.45. The predicted octanol–water partition coefficient (Wildman–Crippen LogP) is 3.10. The Labute approximate surface area is 125 Å². The summed E-state index contributed by atoms with van der Waals surface area (Å²) in [5.74, 6) is -0.0802. The molecular formula is C16H22N2OS. The Morgan fingerprint density at radius 1 is 1.25 bits per heavy atom. The number of amides is 1. The van der Waals surface area contributed by atoms with Crippen LogP contribution >= 0.6 is 12.2 Å². The highest BCUT2D eigenvalue weighted by Gasteiger charge is 2.35. The summed E-state index contributed by atoms with van der Waals surface area (Å²) in [5, 5.41) is 3.11. The minimum atomic E-state index is -0.507. The van der Waals surface area contributed by atoms with Crippen molar-refractivity contribution in [1.29, 1.82) is 0 Å². The Kier molecular flexibility index (Phi) is 4.76. The molecule has 0 spiro atoms. The summed E-state index contributed by atoms with van der Waals surface area (Å²) >= 11 is 5.25. The molecule has 0 bridgehead atoms. The van der Waals surface area contributed by atoms with Gasteiger partial charge in [0, 0.05) is 5.56 Å². The third-order valence-electron chi connectivity index (χ3n) is 4.06. The number of hydrogen-bond acceptors (Lipinski definition) is 2. The van der Waals surface area contributed by atoms with Gasteiger partial charge in [0.25, 0.3) is 5.91 Å². The zero-order valence-electron chi connectivity index (χ0n) is 11.9. The molecule has 1 aliphatic rings. The lowest BCUT2D eigenvalue weighted by Gasteiger charge is -2.33. The summed E-state index contributed by atoms with van der Waals surface area (Å²) in [6.45, 7) is 1.98. The molecule has 0 heterocycles. The van der Waals surface area contributed by atoms with Gasteiger partial charge in [-0.1, -0.05) is 55.6 Å². The van der Waals surface area contributed by atoms with Crippen molar-refractivity contribution in [3.63, 3.8) is 0 Å². The quantitative estimate of drug-likeness (QED) is 0.664. The standard InChI is InChI=1S/C16H22N2OS/c1-12-7-6-8-13(11-12)14(19)18-16(15(17)20)9-4-2-3-5-10-16/h6-8,11H,2-5,9-10H2,1H3,(H2,17,20)(H,18,19). The first-order valence-electron chi connectivity index (χ1n) is 7.23. The van der Waals surface area contributed by atoms with Crippen LogP contribution in [0.4, 0.5) is 0 Å². The number of carbonyl (C=O) groups is 1. The first-order valence-corrected chi connectivity index (χ1v) is 7.63. The maximum absolute atomic E-state index is 12.5. The van der Waals surface area contributed by atoms with E-state index in [4.69, 9.17) is 18.0 Å². The van der Waals surface area contributed by atoms with Gasteiger partial charge in [0.15, 0.2) is 0 Å². The number of thiocarbonyl (C=S) groups is 1. The molecule has 3 N–H and O–H groups in total. The smallest absolute Gasteiger partial charge is 0.252 e. The SMILES string of the molecule is Cc1cccc(C(=O)NC2(C(N)=S)CCCCCC2)c1. The zero-order valence-corrected chi connectivity index (χ0v) is 12.8. The van der Waals surface area contributed by atoms with Gasteiger partial charge in [-0.3, -0.25) is 4.79 Å². The van der Waals surface area contributed by atoms with Crippen LogP contribution in [0.2, 0.25) is 0 Å². The van der Waals surface area contributed by atoms with Crippen molar-refractivity contribution < 1.29 is 4.79 Å². The third kappa shape index (κ3) is 3.37. The number of benzene rings is 1. The van der Waals surface area contributed by atoms with Crippen LogP contribution in [0, 0.1) is 6.92 Å². The molecule has 1 aliphatic carbocycles. The second kappa shape index (κ2) is 6.35. The molecular weight excluding hydrogens is 268 g/mol. The molecule has 0 aromatic heterocycles. The molecule has 4 heteroatoms. The molecule has 2 rings (SSSR count). The van der Waals surface area contributed by atoms with Crippen LogP contribution in [0.5, 0.6) is 0 Å². The maximum atomic E-state index is 12.5. The van der Waals surface area contributed by atoms with Crippen molar-refractivity contribution in [3.05, 3.63) is 35.4 Å². The van der Waals surface area contributed by atoms with Crippen LogP contribution < -0.4 is 11.1 Å². The van der Waals surface area contributed by atoms with Gasteiger partial charge in [0.05, 0.1) is 10.5 Å². The van der Waals surface area contributed by atoms with Gasteiger partial charge in [-0.25, -0.2) is 0 Å². The van der Waals surface area contributed by atoms with E-state index in [0.29, 0.717) is 10.6 Å². The molecule has 1 amide bonds. The molecule has 0 aliphatic heterocycles. The molecule has 0 atom stereocenters. The highest BCUT2D eigenvalue weighted by molar-refractivity contribution is 7.80. The molecule has 0 saturated heterocycles. The summed E-state index contributed by atoms with van der Waals surface area (Å²) in [4.78, 5) is 12.9. The van der Waals surface area contributed by atoms with Gasteiger partial charge in [-0.15, -0.1) is 0 Å². The van der Waals surface area contributed by atoms with E-state index < -0.39 is 5.54 Å². The number of carbonyl (C=O) groups excluding carboxylic acids is 1. The number of hydrogen-bond donors (Lipinski definition) is 2. The van der Waals surface area contributed by atoms with Crippen molar-refractivity contribution in [2.75, 3.05) is 0 Å². The lowest BCUT2D eigenvalue weighted by molar-refractivity contribution is 0.0917. The largest absolute Gasteiger partial charge is 0.391 e. The summed E-state index contributed by atoms with van der Waals surface area (Å²) < 4.78 is 0. The van der Waals surface area contributed by atoms with E-state index in [9.17, 15) is 4.79 Å². The lowest BCUT2D eigenvalue weighted by atomic mass is 9.89. The predicted molar refractivity (Wildman–Crippen MR) is 85.9 cm³/mol. The van der Waals surface area contributed by atoms with Crippen molar-refractivity contribution in [3.8, 4) is 0 Å². The van der Waals surface area contributed by atoms with E-state index in [2.05, 4.69) is 5.32 Å². The minimum Gasteiger partial charge on any atom is -0.391 e.